The Hall–Kier alpha value is -2.91. The summed E-state index contributed by atoms with van der Waals surface area (Å²) in [5, 5.41) is 0. The molecule has 1 fully saturated rings. The molecule has 146 valence electrons. The molecule has 1 saturated heterocycles. The molecule has 1 aromatic heterocycles. The third-order valence-electron chi connectivity index (χ3n) is 5.96. The Morgan fingerprint density at radius 3 is 2.48 bits per heavy atom. The second kappa shape index (κ2) is 7.84. The fourth-order valence-electron chi connectivity index (χ4n) is 4.36. The largest absolute Gasteiger partial charge is 0.436 e. The van der Waals surface area contributed by atoms with Crippen molar-refractivity contribution < 1.29 is 4.42 Å². The van der Waals surface area contributed by atoms with E-state index in [-0.39, 0.29) is 0 Å². The second-order valence-electron chi connectivity index (χ2n) is 8.00. The summed E-state index contributed by atoms with van der Waals surface area (Å²) >= 11 is 0. The van der Waals surface area contributed by atoms with Gasteiger partial charge in [0.25, 0.3) is 0 Å². The molecule has 0 radical (unpaired) electrons. The minimum absolute atomic E-state index is 0.699. The van der Waals surface area contributed by atoms with Crippen molar-refractivity contribution in [1.29, 1.82) is 0 Å². The highest BCUT2D eigenvalue weighted by Gasteiger charge is 2.15. The van der Waals surface area contributed by atoms with Crippen LogP contribution in [0.1, 0.15) is 30.4 Å². The number of fused-ring (bicyclic) bond motifs is 1. The zero-order valence-electron chi connectivity index (χ0n) is 16.9. The lowest BCUT2D eigenvalue weighted by Crippen LogP contribution is -2.29. The summed E-state index contributed by atoms with van der Waals surface area (Å²) in [5.41, 5.74) is 7.79. The van der Waals surface area contributed by atoms with Crippen LogP contribution in [0.3, 0.4) is 0 Å². The van der Waals surface area contributed by atoms with Crippen LogP contribution in [-0.2, 0) is 6.54 Å². The Balaban J connectivity index is 1.48. The zero-order valence-corrected chi connectivity index (χ0v) is 16.9. The molecule has 1 aliphatic heterocycles. The summed E-state index contributed by atoms with van der Waals surface area (Å²) < 4.78 is 6.15. The molecule has 2 heterocycles. The van der Waals surface area contributed by atoms with Gasteiger partial charge in [0, 0.05) is 12.1 Å². The van der Waals surface area contributed by atoms with Crippen molar-refractivity contribution in [2.45, 2.75) is 32.7 Å². The van der Waals surface area contributed by atoms with Crippen molar-refractivity contribution in [1.82, 2.24) is 9.88 Å². The molecule has 1 aliphatic rings. The van der Waals surface area contributed by atoms with E-state index in [1.165, 1.54) is 54.6 Å². The average Bonchev–Trinajstić information content (AvgIpc) is 3.18. The van der Waals surface area contributed by atoms with Gasteiger partial charge in [0.2, 0.25) is 5.89 Å². The summed E-state index contributed by atoms with van der Waals surface area (Å²) in [6.45, 7) is 5.55. The Labute approximate surface area is 172 Å². The fraction of sp³-hybridized carbons (Fsp3) is 0.269. The number of piperidine rings is 1. The number of likely N-dealkylation sites (tertiary alicyclic amines) is 1. The first-order chi connectivity index (χ1) is 14.3. The first-order valence-corrected chi connectivity index (χ1v) is 10.6. The number of rotatable bonds is 4. The minimum atomic E-state index is 0.699. The van der Waals surface area contributed by atoms with E-state index in [0.717, 1.165) is 23.2 Å². The van der Waals surface area contributed by atoms with Crippen LogP contribution < -0.4 is 0 Å². The first kappa shape index (κ1) is 18.1. The second-order valence-corrected chi connectivity index (χ2v) is 8.00. The molecular weight excluding hydrogens is 356 g/mol. The maximum atomic E-state index is 6.15. The average molecular weight is 383 g/mol. The number of hydrogen-bond acceptors (Lipinski definition) is 3. The summed E-state index contributed by atoms with van der Waals surface area (Å²) in [6.07, 6.45) is 3.99. The predicted molar refractivity (Wildman–Crippen MR) is 119 cm³/mol. The van der Waals surface area contributed by atoms with E-state index in [0.29, 0.717) is 5.89 Å². The zero-order chi connectivity index (χ0) is 19.6. The third kappa shape index (κ3) is 3.70. The lowest BCUT2D eigenvalue weighted by Gasteiger charge is -2.26. The molecule has 3 aromatic carbocycles. The number of benzene rings is 3. The first-order valence-electron chi connectivity index (χ1n) is 10.6. The Kier molecular flexibility index (Phi) is 4.91. The van der Waals surface area contributed by atoms with Crippen molar-refractivity contribution in [3.05, 3.63) is 77.9 Å². The number of nitrogens with zero attached hydrogens (tertiary/aromatic N) is 2. The molecule has 29 heavy (non-hydrogen) atoms. The van der Waals surface area contributed by atoms with Crippen molar-refractivity contribution in [3.63, 3.8) is 0 Å². The summed E-state index contributed by atoms with van der Waals surface area (Å²) in [6, 6.07) is 23.3. The van der Waals surface area contributed by atoms with Gasteiger partial charge >= 0.3 is 0 Å². The predicted octanol–water partition coefficient (Wildman–Crippen LogP) is 6.46. The quantitative estimate of drug-likeness (QED) is 0.406. The van der Waals surface area contributed by atoms with Gasteiger partial charge in [0.05, 0.1) is 0 Å². The lowest BCUT2D eigenvalue weighted by atomic mass is 9.96. The molecule has 0 saturated carbocycles. The minimum Gasteiger partial charge on any atom is -0.436 e. The van der Waals surface area contributed by atoms with Crippen LogP contribution in [0, 0.1) is 6.92 Å². The number of oxazole rings is 1. The van der Waals surface area contributed by atoms with Crippen LogP contribution in [0.4, 0.5) is 0 Å². The van der Waals surface area contributed by atoms with E-state index in [1.807, 2.05) is 6.07 Å². The molecule has 0 N–H and O–H groups in total. The van der Waals surface area contributed by atoms with Crippen LogP contribution in [0.2, 0.25) is 0 Å². The van der Waals surface area contributed by atoms with E-state index in [4.69, 9.17) is 9.40 Å². The normalized spacial score (nSPS) is 15.1. The molecule has 0 unspecified atom stereocenters. The molecule has 0 spiro atoms. The Morgan fingerprint density at radius 1 is 0.862 bits per heavy atom. The molecule has 3 nitrogen and oxygen atoms in total. The van der Waals surface area contributed by atoms with Crippen molar-refractivity contribution in [3.8, 4) is 22.6 Å². The van der Waals surface area contributed by atoms with Gasteiger partial charge in [-0.15, -0.1) is 0 Å². The van der Waals surface area contributed by atoms with Crippen LogP contribution in [0.15, 0.2) is 71.1 Å². The highest BCUT2D eigenvalue weighted by Crippen LogP contribution is 2.33. The van der Waals surface area contributed by atoms with Crippen molar-refractivity contribution in [2.24, 2.45) is 0 Å². The maximum absolute atomic E-state index is 6.15. The number of aromatic nitrogens is 1. The van der Waals surface area contributed by atoms with Gasteiger partial charge in [-0.1, -0.05) is 55.0 Å². The Morgan fingerprint density at radius 2 is 1.66 bits per heavy atom. The van der Waals surface area contributed by atoms with Crippen molar-refractivity contribution in [2.75, 3.05) is 13.1 Å². The molecule has 4 aromatic rings. The SMILES string of the molecule is Cc1c(-c2ccccc2)cccc1-c1nc2cc(CN3CCCCC3)ccc2o1. The van der Waals surface area contributed by atoms with Gasteiger partial charge < -0.3 is 4.42 Å². The highest BCUT2D eigenvalue weighted by molar-refractivity contribution is 5.80. The van der Waals surface area contributed by atoms with E-state index in [1.54, 1.807) is 0 Å². The third-order valence-corrected chi connectivity index (χ3v) is 5.96. The topological polar surface area (TPSA) is 29.3 Å². The van der Waals surface area contributed by atoms with E-state index < -0.39 is 0 Å². The van der Waals surface area contributed by atoms with Crippen molar-refractivity contribution >= 4 is 11.1 Å². The van der Waals surface area contributed by atoms with Crippen LogP contribution >= 0.6 is 0 Å². The molecule has 0 amide bonds. The molecule has 0 aliphatic carbocycles. The van der Waals surface area contributed by atoms with E-state index in [2.05, 4.69) is 72.5 Å². The molecule has 0 atom stereocenters. The molecular formula is C26H26N2O. The van der Waals surface area contributed by atoms with Gasteiger partial charge in [-0.2, -0.15) is 0 Å². The van der Waals surface area contributed by atoms with Crippen LogP contribution in [-0.4, -0.2) is 23.0 Å². The van der Waals surface area contributed by atoms with E-state index >= 15 is 0 Å². The standard InChI is InChI=1S/C26H26N2O/c1-19-22(21-9-4-2-5-10-21)11-8-12-23(19)26-27-24-17-20(13-14-25(24)29-26)18-28-15-6-3-7-16-28/h2,4-5,8-14,17H,3,6-7,15-16,18H2,1H3. The molecule has 0 bridgehead atoms. The summed E-state index contributed by atoms with van der Waals surface area (Å²) in [7, 11) is 0. The van der Waals surface area contributed by atoms with Gasteiger partial charge in [0.15, 0.2) is 5.58 Å². The van der Waals surface area contributed by atoms with Gasteiger partial charge in [-0.3, -0.25) is 4.90 Å². The summed E-state index contributed by atoms with van der Waals surface area (Å²) in [5.74, 6) is 0.699. The Bertz CT molecular complexity index is 1120. The lowest BCUT2D eigenvalue weighted by molar-refractivity contribution is 0.221. The van der Waals surface area contributed by atoms with Gasteiger partial charge in [-0.05, 0) is 73.3 Å². The fourth-order valence-corrected chi connectivity index (χ4v) is 4.36. The molecule has 5 rings (SSSR count). The van der Waals surface area contributed by atoms with E-state index in [9.17, 15) is 0 Å². The highest BCUT2D eigenvalue weighted by atomic mass is 16.3. The van der Waals surface area contributed by atoms with Crippen LogP contribution in [0.5, 0.6) is 0 Å². The monoisotopic (exact) mass is 382 g/mol. The van der Waals surface area contributed by atoms with Gasteiger partial charge in [-0.25, -0.2) is 4.98 Å². The molecule has 3 heteroatoms. The number of hydrogen-bond donors (Lipinski definition) is 0. The van der Waals surface area contributed by atoms with Crippen LogP contribution in [0.25, 0.3) is 33.7 Å². The maximum Gasteiger partial charge on any atom is 0.227 e. The van der Waals surface area contributed by atoms with Gasteiger partial charge in [0.1, 0.15) is 5.52 Å². The summed E-state index contributed by atoms with van der Waals surface area (Å²) in [4.78, 5) is 7.39. The smallest absolute Gasteiger partial charge is 0.227 e.